The molecular weight excluding hydrogens is 260 g/mol. The molecule has 2 N–H and O–H groups in total. The first kappa shape index (κ1) is 13.6. The molecule has 19 heavy (non-hydrogen) atoms. The van der Waals surface area contributed by atoms with Gasteiger partial charge in [0.05, 0.1) is 18.5 Å². The van der Waals surface area contributed by atoms with Crippen LogP contribution in [-0.4, -0.2) is 14.2 Å². The number of benzene rings is 2. The van der Waals surface area contributed by atoms with Gasteiger partial charge >= 0.3 is 0 Å². The molecule has 2 aromatic rings. The molecule has 0 amide bonds. The SMILES string of the molecule is COc1ccc(N)c(N(C)Cc2cccc(Cl)c2)c1. The molecule has 100 valence electrons. The number of ether oxygens (including phenoxy) is 1. The van der Waals surface area contributed by atoms with E-state index in [2.05, 4.69) is 4.90 Å². The quantitative estimate of drug-likeness (QED) is 0.868. The molecule has 2 aromatic carbocycles. The fraction of sp³-hybridized carbons (Fsp3) is 0.200. The van der Waals surface area contributed by atoms with Gasteiger partial charge in [-0.1, -0.05) is 23.7 Å². The van der Waals surface area contributed by atoms with Crippen molar-refractivity contribution in [3.63, 3.8) is 0 Å². The van der Waals surface area contributed by atoms with Gasteiger partial charge in [0.1, 0.15) is 5.75 Å². The third-order valence-electron chi connectivity index (χ3n) is 2.96. The Morgan fingerprint density at radius 1 is 1.21 bits per heavy atom. The molecule has 0 spiro atoms. The van der Waals surface area contributed by atoms with Gasteiger partial charge in [-0.2, -0.15) is 0 Å². The van der Waals surface area contributed by atoms with Crippen LogP contribution in [0.25, 0.3) is 0 Å². The Hall–Kier alpha value is -1.87. The first-order valence-electron chi connectivity index (χ1n) is 5.99. The third kappa shape index (κ3) is 3.32. The Balaban J connectivity index is 2.22. The predicted molar refractivity (Wildman–Crippen MR) is 81.0 cm³/mol. The number of nitrogen functional groups attached to an aromatic ring is 1. The van der Waals surface area contributed by atoms with E-state index in [1.807, 2.05) is 49.5 Å². The van der Waals surface area contributed by atoms with Crippen molar-refractivity contribution < 1.29 is 4.74 Å². The summed E-state index contributed by atoms with van der Waals surface area (Å²) in [5.41, 5.74) is 8.81. The second-order valence-corrected chi connectivity index (χ2v) is 4.85. The number of nitrogens with zero attached hydrogens (tertiary/aromatic N) is 1. The molecule has 0 aliphatic heterocycles. The first-order valence-corrected chi connectivity index (χ1v) is 6.37. The summed E-state index contributed by atoms with van der Waals surface area (Å²) in [7, 11) is 3.64. The molecule has 0 saturated heterocycles. The lowest BCUT2D eigenvalue weighted by atomic mass is 10.2. The number of hydrogen-bond acceptors (Lipinski definition) is 3. The maximum absolute atomic E-state index is 6.01. The van der Waals surface area contributed by atoms with Crippen LogP contribution in [0, 0.1) is 0 Å². The van der Waals surface area contributed by atoms with Gasteiger partial charge in [0.2, 0.25) is 0 Å². The summed E-state index contributed by atoms with van der Waals surface area (Å²) in [5.74, 6) is 0.794. The molecule has 2 rings (SSSR count). The molecule has 0 saturated carbocycles. The first-order chi connectivity index (χ1) is 9.10. The summed E-state index contributed by atoms with van der Waals surface area (Å²) in [5, 5.41) is 0.740. The average Bonchev–Trinajstić information content (AvgIpc) is 2.39. The fourth-order valence-electron chi connectivity index (χ4n) is 1.98. The van der Waals surface area contributed by atoms with Crippen molar-refractivity contribution in [2.24, 2.45) is 0 Å². The van der Waals surface area contributed by atoms with Crippen molar-refractivity contribution in [2.75, 3.05) is 24.8 Å². The molecule has 0 aliphatic carbocycles. The Labute approximate surface area is 118 Å². The second kappa shape index (κ2) is 5.85. The number of nitrogens with two attached hydrogens (primary N) is 1. The van der Waals surface area contributed by atoms with Gasteiger partial charge in [-0.15, -0.1) is 0 Å². The van der Waals surface area contributed by atoms with Gasteiger partial charge in [0.15, 0.2) is 0 Å². The minimum Gasteiger partial charge on any atom is -0.497 e. The van der Waals surface area contributed by atoms with Crippen LogP contribution >= 0.6 is 11.6 Å². The van der Waals surface area contributed by atoms with Crippen LogP contribution in [0.5, 0.6) is 5.75 Å². The Morgan fingerprint density at radius 2 is 2.00 bits per heavy atom. The van der Waals surface area contributed by atoms with E-state index in [4.69, 9.17) is 22.1 Å². The molecule has 0 aliphatic rings. The monoisotopic (exact) mass is 276 g/mol. The minimum absolute atomic E-state index is 0.727. The van der Waals surface area contributed by atoms with Gasteiger partial charge in [-0.25, -0.2) is 0 Å². The third-order valence-corrected chi connectivity index (χ3v) is 3.19. The zero-order valence-corrected chi connectivity index (χ0v) is 11.8. The van der Waals surface area contributed by atoms with E-state index in [-0.39, 0.29) is 0 Å². The highest BCUT2D eigenvalue weighted by atomic mass is 35.5. The molecule has 0 fully saturated rings. The standard InChI is InChI=1S/C15H17ClN2O/c1-18(10-11-4-3-5-12(16)8-11)15-9-13(19-2)6-7-14(15)17/h3-9H,10,17H2,1-2H3. The number of anilines is 2. The number of rotatable bonds is 4. The fourth-order valence-corrected chi connectivity index (χ4v) is 2.19. The van der Waals surface area contributed by atoms with Crippen molar-refractivity contribution in [3.05, 3.63) is 53.1 Å². The normalized spacial score (nSPS) is 10.3. The molecule has 0 aromatic heterocycles. The van der Waals surface area contributed by atoms with Crippen LogP contribution in [0.4, 0.5) is 11.4 Å². The van der Waals surface area contributed by atoms with Gasteiger partial charge in [-0.05, 0) is 29.8 Å². The summed E-state index contributed by atoms with van der Waals surface area (Å²) in [6.45, 7) is 0.734. The lowest BCUT2D eigenvalue weighted by molar-refractivity contribution is 0.415. The van der Waals surface area contributed by atoms with E-state index in [1.54, 1.807) is 7.11 Å². The molecule has 3 nitrogen and oxygen atoms in total. The van der Waals surface area contributed by atoms with Crippen LogP contribution < -0.4 is 15.4 Å². The van der Waals surface area contributed by atoms with Crippen molar-refractivity contribution in [2.45, 2.75) is 6.54 Å². The van der Waals surface area contributed by atoms with E-state index < -0.39 is 0 Å². The summed E-state index contributed by atoms with van der Waals surface area (Å²) in [6, 6.07) is 13.4. The maximum Gasteiger partial charge on any atom is 0.121 e. The number of hydrogen-bond donors (Lipinski definition) is 1. The second-order valence-electron chi connectivity index (χ2n) is 4.41. The summed E-state index contributed by atoms with van der Waals surface area (Å²) < 4.78 is 5.23. The lowest BCUT2D eigenvalue weighted by Gasteiger charge is -2.22. The van der Waals surface area contributed by atoms with Crippen LogP contribution in [0.2, 0.25) is 5.02 Å². The molecule has 4 heteroatoms. The van der Waals surface area contributed by atoms with Crippen LogP contribution in [0.15, 0.2) is 42.5 Å². The van der Waals surface area contributed by atoms with E-state index in [0.717, 1.165) is 34.3 Å². The van der Waals surface area contributed by atoms with Crippen LogP contribution in [0.3, 0.4) is 0 Å². The molecular formula is C15H17ClN2O. The van der Waals surface area contributed by atoms with E-state index >= 15 is 0 Å². The Morgan fingerprint density at radius 3 is 2.68 bits per heavy atom. The van der Waals surface area contributed by atoms with Gasteiger partial charge in [0.25, 0.3) is 0 Å². The molecule has 0 unspecified atom stereocenters. The lowest BCUT2D eigenvalue weighted by Crippen LogP contribution is -2.17. The topological polar surface area (TPSA) is 38.5 Å². The van der Waals surface area contributed by atoms with E-state index in [1.165, 1.54) is 0 Å². The zero-order chi connectivity index (χ0) is 13.8. The van der Waals surface area contributed by atoms with E-state index in [9.17, 15) is 0 Å². The summed E-state index contributed by atoms with van der Waals surface area (Å²) >= 11 is 5.99. The highest BCUT2D eigenvalue weighted by Crippen LogP contribution is 2.28. The maximum atomic E-state index is 6.01. The predicted octanol–water partition coefficient (Wildman–Crippen LogP) is 3.57. The molecule has 0 heterocycles. The Kier molecular flexibility index (Phi) is 4.17. The van der Waals surface area contributed by atoms with Gasteiger partial charge < -0.3 is 15.4 Å². The highest BCUT2D eigenvalue weighted by molar-refractivity contribution is 6.30. The van der Waals surface area contributed by atoms with E-state index in [0.29, 0.717) is 0 Å². The van der Waals surface area contributed by atoms with Crippen molar-refractivity contribution >= 4 is 23.0 Å². The van der Waals surface area contributed by atoms with Gasteiger partial charge in [-0.3, -0.25) is 0 Å². The molecule has 0 bridgehead atoms. The minimum atomic E-state index is 0.727. The van der Waals surface area contributed by atoms with Gasteiger partial charge in [0, 0.05) is 24.7 Å². The molecule has 0 atom stereocenters. The largest absolute Gasteiger partial charge is 0.497 e. The zero-order valence-electron chi connectivity index (χ0n) is 11.1. The van der Waals surface area contributed by atoms with Crippen molar-refractivity contribution in [1.29, 1.82) is 0 Å². The smallest absolute Gasteiger partial charge is 0.121 e. The molecule has 0 radical (unpaired) electrons. The highest BCUT2D eigenvalue weighted by Gasteiger charge is 2.08. The van der Waals surface area contributed by atoms with Crippen molar-refractivity contribution in [1.82, 2.24) is 0 Å². The van der Waals surface area contributed by atoms with Crippen LogP contribution in [-0.2, 0) is 6.54 Å². The Bertz CT molecular complexity index is 572. The number of halogens is 1. The average molecular weight is 277 g/mol. The van der Waals surface area contributed by atoms with Crippen molar-refractivity contribution in [3.8, 4) is 5.75 Å². The van der Waals surface area contributed by atoms with Crippen LogP contribution in [0.1, 0.15) is 5.56 Å². The summed E-state index contributed by atoms with van der Waals surface area (Å²) in [6.07, 6.45) is 0. The number of methoxy groups -OCH3 is 1. The summed E-state index contributed by atoms with van der Waals surface area (Å²) in [4.78, 5) is 2.07.